The highest BCUT2D eigenvalue weighted by Crippen LogP contribution is 2.36. The molecule has 0 saturated carbocycles. The third kappa shape index (κ3) is 4.74. The van der Waals surface area contributed by atoms with Gasteiger partial charge in [-0.2, -0.15) is 0 Å². The summed E-state index contributed by atoms with van der Waals surface area (Å²) < 4.78 is 26.0. The molecular formula is C29H25FN2O6. The van der Waals surface area contributed by atoms with Gasteiger partial charge in [0.2, 0.25) is 0 Å². The number of rotatable bonds is 8. The molecule has 0 bridgehead atoms. The van der Waals surface area contributed by atoms with Gasteiger partial charge in [0, 0.05) is 12.7 Å². The van der Waals surface area contributed by atoms with Crippen molar-refractivity contribution in [2.75, 3.05) is 6.61 Å². The normalized spacial score (nSPS) is 14.3. The Morgan fingerprint density at radius 2 is 1.84 bits per heavy atom. The molecule has 1 unspecified atom stereocenters. The zero-order valence-electron chi connectivity index (χ0n) is 20.6. The van der Waals surface area contributed by atoms with E-state index in [9.17, 15) is 23.9 Å². The number of ether oxygens (including phenoxy) is 2. The summed E-state index contributed by atoms with van der Waals surface area (Å²) >= 11 is 0. The Bertz CT molecular complexity index is 1580. The van der Waals surface area contributed by atoms with E-state index >= 15 is 0 Å². The van der Waals surface area contributed by atoms with Crippen LogP contribution >= 0.6 is 0 Å². The van der Waals surface area contributed by atoms with Crippen molar-refractivity contribution in [2.24, 2.45) is 5.92 Å². The lowest BCUT2D eigenvalue weighted by atomic mass is 9.89. The van der Waals surface area contributed by atoms with E-state index < -0.39 is 23.4 Å². The summed E-state index contributed by atoms with van der Waals surface area (Å²) in [5.74, 6) is -3.15. The fourth-order valence-electron chi connectivity index (χ4n) is 4.81. The number of carbonyl (C=O) groups excluding carboxylic acids is 1. The molecule has 1 aliphatic rings. The van der Waals surface area contributed by atoms with Crippen molar-refractivity contribution in [3.63, 3.8) is 0 Å². The van der Waals surface area contributed by atoms with E-state index in [2.05, 4.69) is 4.98 Å². The molecule has 0 fully saturated rings. The first kappa shape index (κ1) is 25.1. The van der Waals surface area contributed by atoms with Crippen LogP contribution in [0.2, 0.25) is 0 Å². The number of aromatic nitrogens is 2. The number of esters is 1. The number of carbonyl (C=O) groups is 2. The first-order valence-corrected chi connectivity index (χ1v) is 12.3. The molecular weight excluding hydrogens is 491 g/mol. The second-order valence-electron chi connectivity index (χ2n) is 9.12. The lowest BCUT2D eigenvalue weighted by Crippen LogP contribution is -2.37. The number of carboxylic acid groups (broad SMARTS) is 1. The maximum atomic E-state index is 13.7. The van der Waals surface area contributed by atoms with E-state index in [-0.39, 0.29) is 48.8 Å². The molecule has 0 amide bonds. The summed E-state index contributed by atoms with van der Waals surface area (Å²) in [4.78, 5) is 43.4. The Morgan fingerprint density at radius 3 is 2.53 bits per heavy atom. The molecule has 38 heavy (non-hydrogen) atoms. The molecule has 1 N–H and O–H groups in total. The van der Waals surface area contributed by atoms with E-state index in [1.165, 1.54) is 16.7 Å². The third-order valence-electron chi connectivity index (χ3n) is 6.63. The minimum Gasteiger partial charge on any atom is -0.485 e. The lowest BCUT2D eigenvalue weighted by molar-refractivity contribution is -0.142. The Balaban J connectivity index is 1.72. The smallest absolute Gasteiger partial charge is 0.347 e. The van der Waals surface area contributed by atoms with Crippen LogP contribution in [0.15, 0.2) is 65.6 Å². The van der Waals surface area contributed by atoms with Crippen molar-refractivity contribution >= 4 is 23.0 Å². The monoisotopic (exact) mass is 516 g/mol. The largest absolute Gasteiger partial charge is 0.485 e. The van der Waals surface area contributed by atoms with Crippen LogP contribution in [-0.4, -0.2) is 33.2 Å². The van der Waals surface area contributed by atoms with Crippen molar-refractivity contribution in [2.45, 2.75) is 32.9 Å². The molecule has 0 aliphatic carbocycles. The molecule has 194 valence electrons. The molecule has 2 aromatic carbocycles. The maximum absolute atomic E-state index is 13.7. The number of carboxylic acids is 1. The minimum absolute atomic E-state index is 0.00640. The standard InChI is InChI=1S/C29H25FN2O6/c1-2-37-29(36)23-26(38-16-18-6-4-3-5-7-18)24-25-22(13-20(28(34)35)15-32(25)27(23)33)19(14-31-24)12-17-8-10-21(30)11-9-17/h3-11,14,20H,2,12-13,15-16H2,1H3,(H,34,35). The van der Waals surface area contributed by atoms with Crippen molar-refractivity contribution in [3.8, 4) is 5.75 Å². The Labute approximate surface area is 217 Å². The van der Waals surface area contributed by atoms with Crippen molar-refractivity contribution in [3.05, 3.63) is 105 Å². The SMILES string of the molecule is CCOC(=O)c1c(OCc2ccccc2)c2ncc(Cc3ccc(F)cc3)c3c2n(c1=O)CC(C(=O)O)C3. The zero-order chi connectivity index (χ0) is 26.8. The zero-order valence-corrected chi connectivity index (χ0v) is 20.6. The van der Waals surface area contributed by atoms with Gasteiger partial charge in [-0.05, 0) is 54.2 Å². The van der Waals surface area contributed by atoms with Crippen LogP contribution in [0.25, 0.3) is 11.0 Å². The number of pyridine rings is 2. The average molecular weight is 517 g/mol. The number of hydrogen-bond acceptors (Lipinski definition) is 6. The van der Waals surface area contributed by atoms with Gasteiger partial charge < -0.3 is 19.1 Å². The molecule has 8 nitrogen and oxygen atoms in total. The van der Waals surface area contributed by atoms with Gasteiger partial charge in [0.25, 0.3) is 5.56 Å². The van der Waals surface area contributed by atoms with Crippen LogP contribution in [0.1, 0.15) is 39.5 Å². The molecule has 3 heterocycles. The van der Waals surface area contributed by atoms with Crippen LogP contribution in [-0.2, 0) is 35.5 Å². The molecule has 4 aromatic rings. The third-order valence-corrected chi connectivity index (χ3v) is 6.63. The predicted molar refractivity (Wildman–Crippen MR) is 137 cm³/mol. The summed E-state index contributed by atoms with van der Waals surface area (Å²) in [7, 11) is 0. The van der Waals surface area contributed by atoms with Gasteiger partial charge in [-0.3, -0.25) is 14.6 Å². The van der Waals surface area contributed by atoms with E-state index in [0.29, 0.717) is 23.1 Å². The van der Waals surface area contributed by atoms with Crippen LogP contribution in [0, 0.1) is 11.7 Å². The van der Waals surface area contributed by atoms with Gasteiger partial charge in [-0.25, -0.2) is 9.18 Å². The Hall–Kier alpha value is -4.53. The van der Waals surface area contributed by atoms with Crippen LogP contribution in [0.3, 0.4) is 0 Å². The van der Waals surface area contributed by atoms with Crippen LogP contribution in [0.4, 0.5) is 4.39 Å². The number of halogens is 1. The molecule has 0 radical (unpaired) electrons. The quantitative estimate of drug-likeness (QED) is 0.351. The number of hydrogen-bond donors (Lipinski definition) is 1. The predicted octanol–water partition coefficient (Wildman–Crippen LogP) is 4.14. The Morgan fingerprint density at radius 1 is 1.11 bits per heavy atom. The second-order valence-corrected chi connectivity index (χ2v) is 9.12. The molecule has 0 spiro atoms. The van der Waals surface area contributed by atoms with E-state index in [1.807, 2.05) is 30.3 Å². The molecule has 0 saturated heterocycles. The Kier molecular flexibility index (Phi) is 6.91. The molecule has 2 aromatic heterocycles. The van der Waals surface area contributed by atoms with Gasteiger partial charge >= 0.3 is 11.9 Å². The average Bonchev–Trinajstić information content (AvgIpc) is 2.92. The van der Waals surface area contributed by atoms with Gasteiger partial charge in [-0.15, -0.1) is 0 Å². The van der Waals surface area contributed by atoms with Crippen LogP contribution < -0.4 is 10.3 Å². The van der Waals surface area contributed by atoms with Gasteiger partial charge in [-0.1, -0.05) is 42.5 Å². The first-order chi connectivity index (χ1) is 18.4. The van der Waals surface area contributed by atoms with E-state index in [4.69, 9.17) is 9.47 Å². The fourth-order valence-corrected chi connectivity index (χ4v) is 4.81. The number of benzene rings is 2. The molecule has 1 atom stereocenters. The highest BCUT2D eigenvalue weighted by atomic mass is 19.1. The van der Waals surface area contributed by atoms with Crippen molar-refractivity contribution < 1.29 is 28.6 Å². The van der Waals surface area contributed by atoms with Crippen LogP contribution in [0.5, 0.6) is 5.75 Å². The second kappa shape index (κ2) is 10.5. The van der Waals surface area contributed by atoms with E-state index in [0.717, 1.165) is 11.1 Å². The summed E-state index contributed by atoms with van der Waals surface area (Å²) in [5, 5.41) is 9.86. The minimum atomic E-state index is -1.05. The fraction of sp³-hybridized carbons (Fsp3) is 0.241. The highest BCUT2D eigenvalue weighted by Gasteiger charge is 2.34. The number of aliphatic carboxylic acids is 1. The summed E-state index contributed by atoms with van der Waals surface area (Å²) in [5.41, 5.74) is 2.69. The van der Waals surface area contributed by atoms with Crippen molar-refractivity contribution in [1.29, 1.82) is 0 Å². The van der Waals surface area contributed by atoms with Gasteiger partial charge in [0.05, 0.1) is 18.0 Å². The lowest BCUT2D eigenvalue weighted by Gasteiger charge is -2.27. The van der Waals surface area contributed by atoms with Gasteiger partial charge in [0.1, 0.15) is 17.9 Å². The highest BCUT2D eigenvalue weighted by molar-refractivity contribution is 5.99. The topological polar surface area (TPSA) is 108 Å². The summed E-state index contributed by atoms with van der Waals surface area (Å²) in [6, 6.07) is 15.3. The number of nitrogens with zero attached hydrogens (tertiary/aromatic N) is 2. The maximum Gasteiger partial charge on any atom is 0.347 e. The molecule has 5 rings (SSSR count). The van der Waals surface area contributed by atoms with E-state index in [1.54, 1.807) is 25.3 Å². The van der Waals surface area contributed by atoms with Gasteiger partial charge in [0.15, 0.2) is 11.3 Å². The molecule has 9 heteroatoms. The molecule has 1 aliphatic heterocycles. The summed E-state index contributed by atoms with van der Waals surface area (Å²) in [6.07, 6.45) is 2.13. The van der Waals surface area contributed by atoms with Crippen molar-refractivity contribution in [1.82, 2.24) is 9.55 Å². The summed E-state index contributed by atoms with van der Waals surface area (Å²) in [6.45, 7) is 1.63. The first-order valence-electron chi connectivity index (χ1n) is 12.3.